The fourth-order valence-corrected chi connectivity index (χ4v) is 2.15. The highest BCUT2D eigenvalue weighted by Crippen LogP contribution is 2.22. The summed E-state index contributed by atoms with van der Waals surface area (Å²) < 4.78 is 6.30. The number of aromatic nitrogens is 1. The Kier molecular flexibility index (Phi) is 3.94. The molecule has 0 saturated carbocycles. The topological polar surface area (TPSA) is 75.2 Å². The second-order valence-corrected chi connectivity index (χ2v) is 4.73. The first kappa shape index (κ1) is 12.3. The number of nitriles is 1. The van der Waals surface area contributed by atoms with Gasteiger partial charge in [0, 0.05) is 30.3 Å². The van der Waals surface area contributed by atoms with Crippen LogP contribution in [0.25, 0.3) is 0 Å². The number of halogens is 1. The van der Waals surface area contributed by atoms with Crippen LogP contribution in [-0.4, -0.2) is 37.3 Å². The molecule has 1 aromatic heterocycles. The average Bonchev–Trinajstić information content (AvgIpc) is 2.38. The van der Waals surface area contributed by atoms with Crippen molar-refractivity contribution in [1.29, 1.82) is 5.26 Å². The molecule has 1 atom stereocenters. The van der Waals surface area contributed by atoms with Crippen LogP contribution < -0.4 is 10.6 Å². The van der Waals surface area contributed by atoms with Gasteiger partial charge in [-0.3, -0.25) is 0 Å². The maximum absolute atomic E-state index is 9.10. The van der Waals surface area contributed by atoms with Crippen LogP contribution in [0.1, 0.15) is 5.56 Å². The summed E-state index contributed by atoms with van der Waals surface area (Å²) in [5.41, 5.74) is 6.16. The molecule has 2 heterocycles. The molecule has 1 fully saturated rings. The molecule has 0 radical (unpaired) electrons. The van der Waals surface area contributed by atoms with Crippen molar-refractivity contribution in [3.63, 3.8) is 0 Å². The minimum absolute atomic E-state index is 0.0146. The quantitative estimate of drug-likeness (QED) is 0.877. The number of rotatable bonds is 2. The van der Waals surface area contributed by atoms with E-state index in [1.54, 1.807) is 12.3 Å². The summed E-state index contributed by atoms with van der Waals surface area (Å²) >= 11 is 3.31. The van der Waals surface area contributed by atoms with Crippen molar-refractivity contribution in [2.45, 2.75) is 6.10 Å². The minimum Gasteiger partial charge on any atom is -0.373 e. The van der Waals surface area contributed by atoms with Gasteiger partial charge in [-0.25, -0.2) is 4.98 Å². The fraction of sp³-hybridized carbons (Fsp3) is 0.455. The van der Waals surface area contributed by atoms with Crippen molar-refractivity contribution in [2.24, 2.45) is 5.73 Å². The lowest BCUT2D eigenvalue weighted by Crippen LogP contribution is -2.46. The van der Waals surface area contributed by atoms with Gasteiger partial charge in [0.2, 0.25) is 0 Å². The lowest BCUT2D eigenvalue weighted by Gasteiger charge is -2.33. The zero-order chi connectivity index (χ0) is 12.3. The molecular formula is C11H13BrN4O. The number of nitrogens with two attached hydrogens (primary N) is 1. The predicted octanol–water partition coefficient (Wildman–Crippen LogP) is 0.880. The van der Waals surface area contributed by atoms with Crippen LogP contribution >= 0.6 is 15.9 Å². The largest absolute Gasteiger partial charge is 0.373 e. The van der Waals surface area contributed by atoms with Crippen LogP contribution in [0.4, 0.5) is 5.82 Å². The summed E-state index contributed by atoms with van der Waals surface area (Å²) in [5, 5.41) is 9.10. The van der Waals surface area contributed by atoms with E-state index in [4.69, 9.17) is 15.7 Å². The van der Waals surface area contributed by atoms with Gasteiger partial charge < -0.3 is 15.4 Å². The molecule has 2 N–H and O–H groups in total. The number of hydrogen-bond acceptors (Lipinski definition) is 5. The molecule has 0 aliphatic carbocycles. The number of nitrogens with zero attached hydrogens (tertiary/aromatic N) is 3. The summed E-state index contributed by atoms with van der Waals surface area (Å²) in [6.45, 7) is 2.51. The van der Waals surface area contributed by atoms with Gasteiger partial charge in [0.15, 0.2) is 0 Å². The molecule has 1 saturated heterocycles. The third-order valence-electron chi connectivity index (χ3n) is 2.65. The molecule has 0 amide bonds. The van der Waals surface area contributed by atoms with E-state index in [1.165, 1.54) is 0 Å². The molecule has 0 bridgehead atoms. The Balaban J connectivity index is 2.24. The molecule has 1 aliphatic rings. The highest BCUT2D eigenvalue weighted by molar-refractivity contribution is 9.10. The third kappa shape index (κ3) is 2.75. The van der Waals surface area contributed by atoms with Gasteiger partial charge in [-0.1, -0.05) is 0 Å². The Morgan fingerprint density at radius 3 is 3.24 bits per heavy atom. The van der Waals surface area contributed by atoms with Crippen molar-refractivity contribution in [3.8, 4) is 6.07 Å². The summed E-state index contributed by atoms with van der Waals surface area (Å²) in [5.74, 6) is 0.706. The van der Waals surface area contributed by atoms with Gasteiger partial charge in [0.05, 0.1) is 18.3 Å². The van der Waals surface area contributed by atoms with Crippen molar-refractivity contribution in [3.05, 3.63) is 22.3 Å². The predicted molar refractivity (Wildman–Crippen MR) is 67.7 cm³/mol. The Hall–Kier alpha value is -1.16. The molecular weight excluding hydrogens is 284 g/mol. The van der Waals surface area contributed by atoms with E-state index in [0.717, 1.165) is 11.0 Å². The van der Waals surface area contributed by atoms with Crippen molar-refractivity contribution < 1.29 is 4.74 Å². The summed E-state index contributed by atoms with van der Waals surface area (Å²) in [6, 6.07) is 3.93. The van der Waals surface area contributed by atoms with Gasteiger partial charge in [-0.15, -0.1) is 0 Å². The van der Waals surface area contributed by atoms with Crippen LogP contribution in [0.3, 0.4) is 0 Å². The third-order valence-corrected chi connectivity index (χ3v) is 3.09. The molecule has 2 rings (SSSR count). The molecule has 1 aliphatic heterocycles. The second-order valence-electron chi connectivity index (χ2n) is 3.81. The Morgan fingerprint density at radius 2 is 2.53 bits per heavy atom. The number of anilines is 1. The van der Waals surface area contributed by atoms with E-state index in [0.29, 0.717) is 31.1 Å². The second kappa shape index (κ2) is 5.45. The van der Waals surface area contributed by atoms with Crippen LogP contribution in [-0.2, 0) is 4.74 Å². The lowest BCUT2D eigenvalue weighted by atomic mass is 10.2. The first-order valence-electron chi connectivity index (χ1n) is 5.37. The van der Waals surface area contributed by atoms with Crippen LogP contribution in [0.5, 0.6) is 0 Å². The smallest absolute Gasteiger partial charge is 0.146 e. The highest BCUT2D eigenvalue weighted by Gasteiger charge is 2.22. The van der Waals surface area contributed by atoms with E-state index in [-0.39, 0.29) is 6.10 Å². The molecule has 6 heteroatoms. The van der Waals surface area contributed by atoms with Crippen molar-refractivity contribution in [1.82, 2.24) is 4.98 Å². The van der Waals surface area contributed by atoms with Crippen LogP contribution in [0.2, 0.25) is 0 Å². The standard InChI is InChI=1S/C11H13BrN4O/c12-9-3-8(4-13)11(15-6-9)16-1-2-17-10(5-14)7-16/h3,6,10H,1-2,5,7,14H2. The fourth-order valence-electron chi connectivity index (χ4n) is 1.82. The van der Waals surface area contributed by atoms with Crippen LogP contribution in [0.15, 0.2) is 16.7 Å². The van der Waals surface area contributed by atoms with Gasteiger partial charge in [-0.05, 0) is 22.0 Å². The molecule has 5 nitrogen and oxygen atoms in total. The molecule has 1 aromatic rings. The summed E-state index contributed by atoms with van der Waals surface area (Å²) in [7, 11) is 0. The van der Waals surface area contributed by atoms with Crippen LogP contribution in [0, 0.1) is 11.3 Å². The summed E-state index contributed by atoms with van der Waals surface area (Å²) in [6.07, 6.45) is 1.71. The van der Waals surface area contributed by atoms with E-state index in [9.17, 15) is 0 Å². The number of pyridine rings is 1. The monoisotopic (exact) mass is 296 g/mol. The van der Waals surface area contributed by atoms with Crippen molar-refractivity contribution >= 4 is 21.7 Å². The zero-order valence-corrected chi connectivity index (χ0v) is 10.9. The zero-order valence-electron chi connectivity index (χ0n) is 9.27. The van der Waals surface area contributed by atoms with Gasteiger partial charge >= 0.3 is 0 Å². The molecule has 90 valence electrons. The SMILES string of the molecule is N#Cc1cc(Br)cnc1N1CCOC(CN)C1. The number of morpholine rings is 1. The maximum Gasteiger partial charge on any atom is 0.146 e. The Bertz CT molecular complexity index is 446. The van der Waals surface area contributed by atoms with E-state index in [1.807, 2.05) is 4.90 Å². The molecule has 0 spiro atoms. The molecule has 1 unspecified atom stereocenters. The number of ether oxygens (including phenoxy) is 1. The molecule has 17 heavy (non-hydrogen) atoms. The first-order valence-corrected chi connectivity index (χ1v) is 6.16. The highest BCUT2D eigenvalue weighted by atomic mass is 79.9. The van der Waals surface area contributed by atoms with E-state index in [2.05, 4.69) is 27.0 Å². The normalized spacial score (nSPS) is 20.1. The van der Waals surface area contributed by atoms with Crippen molar-refractivity contribution in [2.75, 3.05) is 31.1 Å². The first-order chi connectivity index (χ1) is 8.24. The van der Waals surface area contributed by atoms with E-state index < -0.39 is 0 Å². The summed E-state index contributed by atoms with van der Waals surface area (Å²) in [4.78, 5) is 6.35. The minimum atomic E-state index is 0.0146. The van der Waals surface area contributed by atoms with Gasteiger partial charge in [0.1, 0.15) is 11.9 Å². The lowest BCUT2D eigenvalue weighted by molar-refractivity contribution is 0.0463. The van der Waals surface area contributed by atoms with Gasteiger partial charge in [-0.2, -0.15) is 5.26 Å². The molecule has 0 aromatic carbocycles. The van der Waals surface area contributed by atoms with E-state index >= 15 is 0 Å². The maximum atomic E-state index is 9.10. The Labute approximate surface area is 108 Å². The van der Waals surface area contributed by atoms with Gasteiger partial charge in [0.25, 0.3) is 0 Å². The average molecular weight is 297 g/mol. The Morgan fingerprint density at radius 1 is 1.71 bits per heavy atom. The number of hydrogen-bond donors (Lipinski definition) is 1.